The maximum atomic E-state index is 12.9. The number of likely N-dealkylation sites (tertiary alicyclic amines) is 2. The normalized spacial score (nSPS) is 21.6. The quantitative estimate of drug-likeness (QED) is 0.622. The van der Waals surface area contributed by atoms with Crippen molar-refractivity contribution in [3.63, 3.8) is 0 Å². The first kappa shape index (κ1) is 19.7. The van der Waals surface area contributed by atoms with Gasteiger partial charge in [0.25, 0.3) is 0 Å². The molecule has 4 fully saturated rings. The van der Waals surface area contributed by atoms with Gasteiger partial charge in [-0.05, 0) is 31.2 Å². The van der Waals surface area contributed by atoms with Gasteiger partial charge in [0.05, 0.1) is 0 Å². The molecule has 2 amide bonds. The van der Waals surface area contributed by atoms with Crippen molar-refractivity contribution in [2.75, 3.05) is 26.2 Å². The lowest BCUT2D eigenvalue weighted by molar-refractivity contribution is -0.0601. The zero-order valence-electron chi connectivity index (χ0n) is 18.7. The summed E-state index contributed by atoms with van der Waals surface area (Å²) in [5.74, 6) is 3.43. The summed E-state index contributed by atoms with van der Waals surface area (Å²) in [5.41, 5.74) is 3.20. The number of amides is 2. The molecular weight excluding hydrogens is 430 g/mol. The van der Waals surface area contributed by atoms with Crippen LogP contribution in [0, 0.1) is 16.7 Å². The average molecular weight is 456 g/mol. The molecule has 3 aromatic rings. The number of nitrogens with zero attached hydrogens (tertiary/aromatic N) is 7. The number of H-pyrrole nitrogens is 2. The molecule has 1 aromatic carbocycles. The summed E-state index contributed by atoms with van der Waals surface area (Å²) in [6.45, 7) is 3.21. The van der Waals surface area contributed by atoms with Gasteiger partial charge in [0, 0.05) is 54.9 Å². The van der Waals surface area contributed by atoms with Gasteiger partial charge >= 0.3 is 6.03 Å². The van der Waals surface area contributed by atoms with Crippen LogP contribution >= 0.6 is 0 Å². The monoisotopic (exact) mass is 455 g/mol. The SMILES string of the molecule is N#Cc1n[nH]nc1-c1ccc(C2CN(C(=O)N3CC4(CC(c5n[nH]c(C6CC6)n5)C4)C3)C2)cc1. The van der Waals surface area contributed by atoms with Crippen LogP contribution in [0.4, 0.5) is 4.79 Å². The Labute approximate surface area is 196 Å². The molecule has 0 bridgehead atoms. The molecule has 2 saturated heterocycles. The fraction of sp³-hybridized carbons (Fsp3) is 0.500. The highest BCUT2D eigenvalue weighted by atomic mass is 16.2. The van der Waals surface area contributed by atoms with Crippen LogP contribution in [0.2, 0.25) is 0 Å². The molecule has 7 rings (SSSR count). The molecule has 0 unspecified atom stereocenters. The first-order valence-corrected chi connectivity index (χ1v) is 12.0. The average Bonchev–Trinajstić information content (AvgIpc) is 3.30. The van der Waals surface area contributed by atoms with E-state index in [9.17, 15) is 4.79 Å². The van der Waals surface area contributed by atoms with Gasteiger partial charge in [-0.25, -0.2) is 9.78 Å². The van der Waals surface area contributed by atoms with Crippen molar-refractivity contribution in [1.82, 2.24) is 40.4 Å². The number of hydrogen-bond donors (Lipinski definition) is 2. The van der Waals surface area contributed by atoms with Gasteiger partial charge < -0.3 is 9.80 Å². The predicted molar refractivity (Wildman–Crippen MR) is 121 cm³/mol. The third-order valence-electron chi connectivity index (χ3n) is 7.99. The summed E-state index contributed by atoms with van der Waals surface area (Å²) < 4.78 is 0. The summed E-state index contributed by atoms with van der Waals surface area (Å²) in [6.07, 6.45) is 4.64. The first-order valence-electron chi connectivity index (χ1n) is 12.0. The number of aromatic nitrogens is 6. The molecular formula is C24H25N9O. The second-order valence-corrected chi connectivity index (χ2v) is 10.5. The smallest absolute Gasteiger partial charge is 0.320 e. The minimum Gasteiger partial charge on any atom is -0.323 e. The van der Waals surface area contributed by atoms with Crippen molar-refractivity contribution in [3.05, 3.63) is 47.2 Å². The van der Waals surface area contributed by atoms with Gasteiger partial charge in [0.2, 0.25) is 0 Å². The molecule has 2 aliphatic heterocycles. The van der Waals surface area contributed by atoms with Gasteiger partial charge in [-0.15, -0.1) is 5.10 Å². The lowest BCUT2D eigenvalue weighted by atomic mass is 9.57. The fourth-order valence-corrected chi connectivity index (χ4v) is 5.80. The Hall–Kier alpha value is -3.74. The van der Waals surface area contributed by atoms with Crippen LogP contribution < -0.4 is 0 Å². The van der Waals surface area contributed by atoms with E-state index < -0.39 is 0 Å². The maximum absolute atomic E-state index is 12.9. The third-order valence-corrected chi connectivity index (χ3v) is 7.99. The number of aromatic amines is 2. The van der Waals surface area contributed by atoms with Gasteiger partial charge in [-0.1, -0.05) is 24.3 Å². The largest absolute Gasteiger partial charge is 0.323 e. The number of nitriles is 1. The fourth-order valence-electron chi connectivity index (χ4n) is 5.80. The number of rotatable bonds is 4. The van der Waals surface area contributed by atoms with Crippen molar-refractivity contribution >= 4 is 6.03 Å². The van der Waals surface area contributed by atoms with Crippen molar-refractivity contribution in [3.8, 4) is 17.3 Å². The number of carbonyl (C=O) groups excluding carboxylic acids is 1. The topological polar surface area (TPSA) is 130 Å². The van der Waals surface area contributed by atoms with E-state index in [4.69, 9.17) is 10.2 Å². The van der Waals surface area contributed by atoms with E-state index >= 15 is 0 Å². The molecule has 2 aliphatic carbocycles. The van der Waals surface area contributed by atoms with E-state index in [1.807, 2.05) is 28.0 Å². The molecule has 4 heterocycles. The van der Waals surface area contributed by atoms with E-state index in [0.29, 0.717) is 29.1 Å². The highest BCUT2D eigenvalue weighted by Gasteiger charge is 2.56. The molecule has 2 saturated carbocycles. The molecule has 2 N–H and O–H groups in total. The summed E-state index contributed by atoms with van der Waals surface area (Å²) >= 11 is 0. The molecule has 0 atom stereocenters. The Morgan fingerprint density at radius 1 is 1.00 bits per heavy atom. The molecule has 1 spiro atoms. The lowest BCUT2D eigenvalue weighted by Crippen LogP contribution is -2.67. The first-order chi connectivity index (χ1) is 16.6. The number of carbonyl (C=O) groups is 1. The number of nitrogens with one attached hydrogen (secondary N) is 2. The zero-order chi connectivity index (χ0) is 22.9. The van der Waals surface area contributed by atoms with Crippen LogP contribution in [0.1, 0.15) is 66.3 Å². The van der Waals surface area contributed by atoms with Crippen LogP contribution in [0.5, 0.6) is 0 Å². The summed E-state index contributed by atoms with van der Waals surface area (Å²) in [4.78, 5) is 21.6. The van der Waals surface area contributed by atoms with E-state index in [2.05, 4.69) is 37.7 Å². The van der Waals surface area contributed by atoms with Crippen LogP contribution in [0.15, 0.2) is 24.3 Å². The molecule has 0 radical (unpaired) electrons. The second kappa shape index (κ2) is 7.13. The number of urea groups is 1. The van der Waals surface area contributed by atoms with Crippen molar-refractivity contribution in [1.29, 1.82) is 5.26 Å². The Kier molecular flexibility index (Phi) is 4.13. The van der Waals surface area contributed by atoms with Gasteiger partial charge in [-0.3, -0.25) is 5.10 Å². The van der Waals surface area contributed by atoms with Crippen molar-refractivity contribution in [2.24, 2.45) is 5.41 Å². The van der Waals surface area contributed by atoms with Crippen LogP contribution in [0.25, 0.3) is 11.3 Å². The van der Waals surface area contributed by atoms with E-state index in [1.54, 1.807) is 0 Å². The van der Waals surface area contributed by atoms with Gasteiger partial charge in [-0.2, -0.15) is 20.7 Å². The van der Waals surface area contributed by atoms with Gasteiger partial charge in [0.15, 0.2) is 11.5 Å². The third kappa shape index (κ3) is 3.10. The molecule has 2 aromatic heterocycles. The standard InChI is InChI=1S/C24H25N9O/c25-9-19-20(28-31-27-19)15-3-1-14(2-4-15)18-10-32(11-18)23(34)33-12-24(13-33)7-17(8-24)22-26-21(29-30-22)16-5-6-16/h1-4,16-18H,5-8,10-13H2,(H,26,29,30)(H,27,28,31). The lowest BCUT2D eigenvalue weighted by Gasteiger charge is -2.59. The molecule has 4 aliphatic rings. The summed E-state index contributed by atoms with van der Waals surface area (Å²) in [5, 5.41) is 27.1. The molecule has 172 valence electrons. The number of hydrogen-bond acceptors (Lipinski definition) is 6. The van der Waals surface area contributed by atoms with Crippen LogP contribution in [-0.2, 0) is 0 Å². The Bertz CT molecular complexity index is 1280. The summed E-state index contributed by atoms with van der Waals surface area (Å²) in [6, 6.07) is 10.3. The van der Waals surface area contributed by atoms with E-state index in [0.717, 1.165) is 56.2 Å². The minimum atomic E-state index is 0.164. The van der Waals surface area contributed by atoms with E-state index in [-0.39, 0.29) is 11.4 Å². The van der Waals surface area contributed by atoms with Gasteiger partial charge in [0.1, 0.15) is 17.6 Å². The van der Waals surface area contributed by atoms with Crippen LogP contribution in [-0.4, -0.2) is 72.6 Å². The van der Waals surface area contributed by atoms with Crippen molar-refractivity contribution < 1.29 is 4.79 Å². The zero-order valence-corrected chi connectivity index (χ0v) is 18.7. The summed E-state index contributed by atoms with van der Waals surface area (Å²) in [7, 11) is 0. The number of benzene rings is 1. The Balaban J connectivity index is 0.899. The second-order valence-electron chi connectivity index (χ2n) is 10.5. The predicted octanol–water partition coefficient (Wildman–Crippen LogP) is 2.74. The Morgan fingerprint density at radius 2 is 1.76 bits per heavy atom. The molecule has 34 heavy (non-hydrogen) atoms. The molecule has 10 heteroatoms. The van der Waals surface area contributed by atoms with Crippen LogP contribution in [0.3, 0.4) is 0 Å². The van der Waals surface area contributed by atoms with E-state index in [1.165, 1.54) is 18.4 Å². The Morgan fingerprint density at radius 3 is 2.47 bits per heavy atom. The highest BCUT2D eigenvalue weighted by Crippen LogP contribution is 2.56. The minimum absolute atomic E-state index is 0.164. The maximum Gasteiger partial charge on any atom is 0.320 e. The molecule has 10 nitrogen and oxygen atoms in total. The van der Waals surface area contributed by atoms with Crippen molar-refractivity contribution in [2.45, 2.75) is 43.4 Å². The highest BCUT2D eigenvalue weighted by molar-refractivity contribution is 5.77.